The molecule has 0 unspecified atom stereocenters. The van der Waals surface area contributed by atoms with Crippen LogP contribution in [0.25, 0.3) is 11.8 Å². The number of carbonyl (C=O) groups excluding carboxylic acids is 1. The minimum atomic E-state index is -0.213. The molecule has 8 heteroatoms. The Labute approximate surface area is 243 Å². The summed E-state index contributed by atoms with van der Waals surface area (Å²) in [6.45, 7) is 6.62. The van der Waals surface area contributed by atoms with E-state index >= 15 is 0 Å². The molecule has 0 radical (unpaired) electrons. The van der Waals surface area contributed by atoms with Crippen LogP contribution in [0.2, 0.25) is 10.0 Å². The molecule has 1 saturated heterocycles. The standard InChI is InChI=1S/C31H29Cl2N3O2S/c1-4-21-5-9-25(10-6-21)34-31-35-30(37)29(39-31)16-23-15-19(2)36(20(23)3)26-11-13-27(14-12-26)38-18-22-7-8-24(32)17-28(22)33/h5-17,31,34H,4,18H2,1-3H3,(H,35,37)/b29-16-/t31-/m1/s1. The molecule has 0 aliphatic carbocycles. The lowest BCUT2D eigenvalue weighted by molar-refractivity contribution is -0.116. The number of nitrogens with one attached hydrogen (secondary N) is 2. The summed E-state index contributed by atoms with van der Waals surface area (Å²) < 4.78 is 8.11. The van der Waals surface area contributed by atoms with Gasteiger partial charge in [-0.1, -0.05) is 60.1 Å². The zero-order valence-electron chi connectivity index (χ0n) is 21.9. The molecule has 3 aromatic carbocycles. The zero-order chi connectivity index (χ0) is 27.5. The fourth-order valence-corrected chi connectivity index (χ4v) is 5.96. The van der Waals surface area contributed by atoms with Gasteiger partial charge in [-0.3, -0.25) is 4.79 Å². The molecule has 0 saturated carbocycles. The van der Waals surface area contributed by atoms with E-state index in [0.717, 1.165) is 46.1 Å². The number of ether oxygens (including phenoxy) is 1. The fourth-order valence-electron chi connectivity index (χ4n) is 4.52. The number of aryl methyl sites for hydroxylation is 2. The van der Waals surface area contributed by atoms with Gasteiger partial charge in [0.1, 0.15) is 12.4 Å². The monoisotopic (exact) mass is 577 g/mol. The Kier molecular flexibility index (Phi) is 8.26. The molecule has 1 aliphatic rings. The number of aromatic nitrogens is 1. The summed E-state index contributed by atoms with van der Waals surface area (Å²) in [6, 6.07) is 23.7. The molecule has 1 fully saturated rings. The molecule has 0 bridgehead atoms. The number of halogens is 2. The molecule has 5 rings (SSSR count). The Balaban J connectivity index is 1.27. The highest BCUT2D eigenvalue weighted by Gasteiger charge is 2.27. The summed E-state index contributed by atoms with van der Waals surface area (Å²) in [4.78, 5) is 13.4. The quantitative estimate of drug-likeness (QED) is 0.207. The van der Waals surface area contributed by atoms with Crippen LogP contribution < -0.4 is 15.4 Å². The van der Waals surface area contributed by atoms with Crippen LogP contribution in [0.5, 0.6) is 5.75 Å². The third-order valence-electron chi connectivity index (χ3n) is 6.65. The summed E-state index contributed by atoms with van der Waals surface area (Å²) in [5.41, 5.74) is 7.09. The van der Waals surface area contributed by atoms with Crippen molar-refractivity contribution in [1.82, 2.24) is 9.88 Å². The van der Waals surface area contributed by atoms with E-state index < -0.39 is 0 Å². The average molecular weight is 579 g/mol. The molecule has 1 aromatic heterocycles. The number of amides is 1. The highest BCUT2D eigenvalue weighted by Crippen LogP contribution is 2.32. The molecule has 2 heterocycles. The van der Waals surface area contributed by atoms with Crippen LogP contribution in [0.4, 0.5) is 5.69 Å². The number of thioether (sulfide) groups is 1. The summed E-state index contributed by atoms with van der Waals surface area (Å²) in [5.74, 6) is 0.672. The number of nitrogens with zero attached hydrogens (tertiary/aromatic N) is 1. The lowest BCUT2D eigenvalue weighted by Gasteiger charge is -2.13. The normalized spacial score (nSPS) is 16.0. The first-order chi connectivity index (χ1) is 18.8. The Morgan fingerprint density at radius 3 is 2.46 bits per heavy atom. The van der Waals surface area contributed by atoms with Crippen molar-refractivity contribution < 1.29 is 9.53 Å². The Bertz CT molecular complexity index is 1530. The van der Waals surface area contributed by atoms with Crippen molar-refractivity contribution in [3.63, 3.8) is 0 Å². The Morgan fingerprint density at radius 2 is 1.77 bits per heavy atom. The summed E-state index contributed by atoms with van der Waals surface area (Å²) >= 11 is 13.7. The highest BCUT2D eigenvalue weighted by molar-refractivity contribution is 8.05. The lowest BCUT2D eigenvalue weighted by Crippen LogP contribution is -2.30. The van der Waals surface area contributed by atoms with Gasteiger partial charge in [0.2, 0.25) is 0 Å². The van der Waals surface area contributed by atoms with Gasteiger partial charge in [0.05, 0.1) is 4.91 Å². The number of rotatable bonds is 8. The highest BCUT2D eigenvalue weighted by atomic mass is 35.5. The molecule has 1 amide bonds. The van der Waals surface area contributed by atoms with E-state index in [2.05, 4.69) is 54.2 Å². The van der Waals surface area contributed by atoms with E-state index in [-0.39, 0.29) is 11.4 Å². The van der Waals surface area contributed by atoms with Crippen LogP contribution in [-0.2, 0) is 17.8 Å². The number of hydrogen-bond acceptors (Lipinski definition) is 4. The van der Waals surface area contributed by atoms with Gasteiger partial charge in [-0.25, -0.2) is 0 Å². The summed E-state index contributed by atoms with van der Waals surface area (Å²) in [6.07, 6.45) is 2.96. The topological polar surface area (TPSA) is 55.3 Å². The van der Waals surface area contributed by atoms with Crippen molar-refractivity contribution in [3.8, 4) is 11.4 Å². The first-order valence-corrected chi connectivity index (χ1v) is 14.3. The van der Waals surface area contributed by atoms with Gasteiger partial charge in [-0.15, -0.1) is 0 Å². The van der Waals surface area contributed by atoms with Gasteiger partial charge in [0.25, 0.3) is 5.91 Å². The maximum atomic E-state index is 12.7. The van der Waals surface area contributed by atoms with E-state index in [9.17, 15) is 4.79 Å². The molecule has 1 atom stereocenters. The van der Waals surface area contributed by atoms with E-state index in [4.69, 9.17) is 27.9 Å². The van der Waals surface area contributed by atoms with Crippen molar-refractivity contribution in [3.05, 3.63) is 116 Å². The third kappa shape index (κ3) is 6.30. The zero-order valence-corrected chi connectivity index (χ0v) is 24.3. The van der Waals surface area contributed by atoms with E-state index in [1.54, 1.807) is 12.1 Å². The van der Waals surface area contributed by atoms with Crippen LogP contribution in [0, 0.1) is 13.8 Å². The third-order valence-corrected chi connectivity index (χ3v) is 8.27. The van der Waals surface area contributed by atoms with Gasteiger partial charge < -0.3 is 19.9 Å². The average Bonchev–Trinajstić information content (AvgIpc) is 3.41. The molecule has 4 aromatic rings. The molecule has 200 valence electrons. The van der Waals surface area contributed by atoms with Crippen molar-refractivity contribution in [1.29, 1.82) is 0 Å². The van der Waals surface area contributed by atoms with E-state index in [1.165, 1.54) is 17.3 Å². The van der Waals surface area contributed by atoms with Crippen molar-refractivity contribution in [2.45, 2.75) is 39.3 Å². The predicted octanol–water partition coefficient (Wildman–Crippen LogP) is 8.14. The number of benzene rings is 3. The maximum Gasteiger partial charge on any atom is 0.260 e. The number of carbonyl (C=O) groups is 1. The summed E-state index contributed by atoms with van der Waals surface area (Å²) in [7, 11) is 0. The molecule has 1 aliphatic heterocycles. The van der Waals surface area contributed by atoms with E-state index in [0.29, 0.717) is 21.6 Å². The Hall–Kier alpha value is -3.32. The molecule has 0 spiro atoms. The molecule has 39 heavy (non-hydrogen) atoms. The minimum Gasteiger partial charge on any atom is -0.489 e. The van der Waals surface area contributed by atoms with Crippen molar-refractivity contribution in [2.24, 2.45) is 0 Å². The molecule has 5 nitrogen and oxygen atoms in total. The van der Waals surface area contributed by atoms with Crippen LogP contribution in [0.1, 0.15) is 35.0 Å². The SMILES string of the molecule is CCc1ccc(N[C@@H]2NC(=O)/C(=C/c3cc(C)n(-c4ccc(OCc5ccc(Cl)cc5Cl)cc4)c3C)S2)cc1. The second-order valence-corrected chi connectivity index (χ2v) is 11.3. The summed E-state index contributed by atoms with van der Waals surface area (Å²) in [5, 5.41) is 7.59. The molecular formula is C31H29Cl2N3O2S. The second kappa shape index (κ2) is 11.8. The first kappa shape index (κ1) is 27.3. The van der Waals surface area contributed by atoms with Gasteiger partial charge in [-0.2, -0.15) is 0 Å². The number of anilines is 1. The van der Waals surface area contributed by atoms with Crippen molar-refractivity contribution >= 4 is 52.6 Å². The number of hydrogen-bond donors (Lipinski definition) is 2. The maximum absolute atomic E-state index is 12.7. The lowest BCUT2D eigenvalue weighted by atomic mass is 10.1. The molecular weight excluding hydrogens is 549 g/mol. The van der Waals surface area contributed by atoms with Crippen LogP contribution in [0.15, 0.2) is 77.7 Å². The smallest absolute Gasteiger partial charge is 0.260 e. The fraction of sp³-hybridized carbons (Fsp3) is 0.194. The van der Waals surface area contributed by atoms with Gasteiger partial charge in [0.15, 0.2) is 5.50 Å². The van der Waals surface area contributed by atoms with Crippen molar-refractivity contribution in [2.75, 3.05) is 5.32 Å². The van der Waals surface area contributed by atoms with Gasteiger partial charge in [0, 0.05) is 38.4 Å². The van der Waals surface area contributed by atoms with Crippen LogP contribution in [0.3, 0.4) is 0 Å². The Morgan fingerprint density at radius 1 is 1.03 bits per heavy atom. The second-order valence-electron chi connectivity index (χ2n) is 9.35. The largest absolute Gasteiger partial charge is 0.489 e. The first-order valence-electron chi connectivity index (χ1n) is 12.7. The van der Waals surface area contributed by atoms with E-state index in [1.807, 2.05) is 48.5 Å². The van der Waals surface area contributed by atoms with Crippen LogP contribution in [-0.4, -0.2) is 16.0 Å². The minimum absolute atomic E-state index is 0.0743. The molecule has 2 N–H and O–H groups in total. The van der Waals surface area contributed by atoms with Crippen LogP contribution >= 0.6 is 35.0 Å². The van der Waals surface area contributed by atoms with Gasteiger partial charge >= 0.3 is 0 Å². The van der Waals surface area contributed by atoms with Gasteiger partial charge in [-0.05, 0) is 92.1 Å². The predicted molar refractivity (Wildman–Crippen MR) is 163 cm³/mol.